The van der Waals surface area contributed by atoms with Crippen LogP contribution < -0.4 is 10.6 Å². The molecule has 98 valence electrons. The van der Waals surface area contributed by atoms with Gasteiger partial charge in [0.05, 0.1) is 11.9 Å². The zero-order valence-electron chi connectivity index (χ0n) is 11.1. The van der Waals surface area contributed by atoms with Crippen molar-refractivity contribution in [2.75, 3.05) is 10.6 Å². The summed E-state index contributed by atoms with van der Waals surface area (Å²) in [6, 6.07) is 4.40. The normalized spacial score (nSPS) is 15.9. The number of amides is 1. The molecule has 1 saturated carbocycles. The van der Waals surface area contributed by atoms with E-state index in [-0.39, 0.29) is 11.8 Å². The SMILES string of the molecule is CC(C)C(=O)Nc1ccc(NC2CCCC2)cn1. The second kappa shape index (κ2) is 5.85. The van der Waals surface area contributed by atoms with Gasteiger partial charge in [0.15, 0.2) is 0 Å². The Labute approximate surface area is 108 Å². The van der Waals surface area contributed by atoms with E-state index in [9.17, 15) is 4.79 Å². The third kappa shape index (κ3) is 3.45. The lowest BCUT2D eigenvalue weighted by Crippen LogP contribution is -2.19. The van der Waals surface area contributed by atoms with Crippen molar-refractivity contribution in [3.63, 3.8) is 0 Å². The molecule has 0 bridgehead atoms. The molecular weight excluding hydrogens is 226 g/mol. The molecule has 1 aliphatic rings. The fraction of sp³-hybridized carbons (Fsp3) is 0.571. The van der Waals surface area contributed by atoms with Crippen LogP contribution in [0.15, 0.2) is 18.3 Å². The Kier molecular flexibility index (Phi) is 4.18. The van der Waals surface area contributed by atoms with Crippen molar-refractivity contribution in [2.45, 2.75) is 45.6 Å². The summed E-state index contributed by atoms with van der Waals surface area (Å²) in [4.78, 5) is 15.8. The van der Waals surface area contributed by atoms with Gasteiger partial charge in [-0.25, -0.2) is 4.98 Å². The standard InChI is InChI=1S/C14H21N3O/c1-10(2)14(18)17-13-8-7-12(9-15-13)16-11-5-3-4-6-11/h7-11,16H,3-6H2,1-2H3,(H,15,17,18). The van der Waals surface area contributed by atoms with Crippen LogP contribution in [0.4, 0.5) is 11.5 Å². The van der Waals surface area contributed by atoms with Crippen molar-refractivity contribution in [1.29, 1.82) is 0 Å². The van der Waals surface area contributed by atoms with Crippen LogP contribution in [0.3, 0.4) is 0 Å². The van der Waals surface area contributed by atoms with Crippen LogP contribution in [0.1, 0.15) is 39.5 Å². The molecule has 0 aliphatic heterocycles. The van der Waals surface area contributed by atoms with Gasteiger partial charge < -0.3 is 10.6 Å². The maximum Gasteiger partial charge on any atom is 0.228 e. The van der Waals surface area contributed by atoms with Gasteiger partial charge in [-0.05, 0) is 25.0 Å². The fourth-order valence-corrected chi connectivity index (χ4v) is 2.13. The molecule has 4 heteroatoms. The zero-order chi connectivity index (χ0) is 13.0. The number of anilines is 2. The van der Waals surface area contributed by atoms with Crippen molar-refractivity contribution in [1.82, 2.24) is 4.98 Å². The molecule has 18 heavy (non-hydrogen) atoms. The first-order valence-corrected chi connectivity index (χ1v) is 6.68. The molecule has 0 unspecified atom stereocenters. The summed E-state index contributed by atoms with van der Waals surface area (Å²) in [7, 11) is 0. The Morgan fingerprint density at radius 1 is 1.33 bits per heavy atom. The number of nitrogens with zero attached hydrogens (tertiary/aromatic N) is 1. The number of aromatic nitrogens is 1. The molecule has 1 aromatic heterocycles. The van der Waals surface area contributed by atoms with Gasteiger partial charge in [0, 0.05) is 12.0 Å². The summed E-state index contributed by atoms with van der Waals surface area (Å²) in [5.74, 6) is 0.591. The van der Waals surface area contributed by atoms with Crippen LogP contribution in [0.2, 0.25) is 0 Å². The molecule has 1 aliphatic carbocycles. The number of hydrogen-bond acceptors (Lipinski definition) is 3. The Morgan fingerprint density at radius 2 is 2.06 bits per heavy atom. The number of pyridine rings is 1. The van der Waals surface area contributed by atoms with Gasteiger partial charge in [0.1, 0.15) is 5.82 Å². The van der Waals surface area contributed by atoms with Crippen LogP contribution in [-0.4, -0.2) is 16.9 Å². The van der Waals surface area contributed by atoms with Crippen molar-refractivity contribution in [2.24, 2.45) is 5.92 Å². The average molecular weight is 247 g/mol. The van der Waals surface area contributed by atoms with Crippen molar-refractivity contribution < 1.29 is 4.79 Å². The fourth-order valence-electron chi connectivity index (χ4n) is 2.13. The highest BCUT2D eigenvalue weighted by Crippen LogP contribution is 2.22. The van der Waals surface area contributed by atoms with E-state index in [1.54, 1.807) is 6.20 Å². The smallest absolute Gasteiger partial charge is 0.228 e. The lowest BCUT2D eigenvalue weighted by molar-refractivity contribution is -0.118. The third-order valence-corrected chi connectivity index (χ3v) is 3.27. The van der Waals surface area contributed by atoms with Crippen LogP contribution in [0, 0.1) is 5.92 Å². The Hall–Kier alpha value is -1.58. The van der Waals surface area contributed by atoms with Gasteiger partial charge in [-0.15, -0.1) is 0 Å². The van der Waals surface area contributed by atoms with Gasteiger partial charge in [0.2, 0.25) is 5.91 Å². The van der Waals surface area contributed by atoms with Gasteiger partial charge in [0.25, 0.3) is 0 Å². The third-order valence-electron chi connectivity index (χ3n) is 3.27. The van der Waals surface area contributed by atoms with Crippen LogP contribution in [0.5, 0.6) is 0 Å². The van der Waals surface area contributed by atoms with E-state index in [0.717, 1.165) is 5.69 Å². The molecule has 0 aromatic carbocycles. The predicted molar refractivity (Wildman–Crippen MR) is 73.6 cm³/mol. The molecule has 1 amide bonds. The lowest BCUT2D eigenvalue weighted by Gasteiger charge is -2.13. The first-order valence-electron chi connectivity index (χ1n) is 6.68. The van der Waals surface area contributed by atoms with Crippen molar-refractivity contribution in [3.05, 3.63) is 18.3 Å². The van der Waals surface area contributed by atoms with Crippen LogP contribution in [-0.2, 0) is 4.79 Å². The van der Waals surface area contributed by atoms with Gasteiger partial charge in [-0.1, -0.05) is 26.7 Å². The summed E-state index contributed by atoms with van der Waals surface area (Å²) < 4.78 is 0. The highest BCUT2D eigenvalue weighted by atomic mass is 16.1. The van der Waals surface area contributed by atoms with E-state index >= 15 is 0 Å². The molecule has 1 aromatic rings. The van der Waals surface area contributed by atoms with Gasteiger partial charge in [-0.2, -0.15) is 0 Å². The highest BCUT2D eigenvalue weighted by molar-refractivity contribution is 5.91. The summed E-state index contributed by atoms with van der Waals surface area (Å²) in [5.41, 5.74) is 1.03. The average Bonchev–Trinajstić information content (AvgIpc) is 2.84. The number of carbonyl (C=O) groups is 1. The van der Waals surface area contributed by atoms with E-state index in [0.29, 0.717) is 11.9 Å². The monoisotopic (exact) mass is 247 g/mol. The van der Waals surface area contributed by atoms with E-state index in [1.165, 1.54) is 25.7 Å². The largest absolute Gasteiger partial charge is 0.381 e. The first kappa shape index (κ1) is 12.9. The molecule has 0 atom stereocenters. The Morgan fingerprint density at radius 3 is 2.61 bits per heavy atom. The summed E-state index contributed by atoms with van der Waals surface area (Å²) >= 11 is 0. The van der Waals surface area contributed by atoms with Crippen molar-refractivity contribution in [3.8, 4) is 0 Å². The van der Waals surface area contributed by atoms with E-state index in [4.69, 9.17) is 0 Å². The van der Waals surface area contributed by atoms with Crippen molar-refractivity contribution >= 4 is 17.4 Å². The van der Waals surface area contributed by atoms with Gasteiger partial charge >= 0.3 is 0 Å². The second-order valence-electron chi connectivity index (χ2n) is 5.20. The number of nitrogens with one attached hydrogen (secondary N) is 2. The molecule has 0 spiro atoms. The molecule has 0 radical (unpaired) electrons. The van der Waals surface area contributed by atoms with E-state index < -0.39 is 0 Å². The van der Waals surface area contributed by atoms with E-state index in [1.807, 2.05) is 26.0 Å². The minimum atomic E-state index is -0.0249. The molecule has 0 saturated heterocycles. The first-order chi connectivity index (χ1) is 8.65. The molecule has 2 N–H and O–H groups in total. The topological polar surface area (TPSA) is 54.0 Å². The zero-order valence-corrected chi connectivity index (χ0v) is 11.1. The van der Waals surface area contributed by atoms with E-state index in [2.05, 4.69) is 15.6 Å². The number of hydrogen-bond donors (Lipinski definition) is 2. The molecule has 2 rings (SSSR count). The minimum Gasteiger partial charge on any atom is -0.381 e. The molecule has 1 fully saturated rings. The maximum atomic E-state index is 11.5. The Balaban J connectivity index is 1.90. The summed E-state index contributed by atoms with van der Waals surface area (Å²) in [5, 5.41) is 6.25. The predicted octanol–water partition coefficient (Wildman–Crippen LogP) is 3.03. The number of carbonyl (C=O) groups excluding carboxylic acids is 1. The van der Waals surface area contributed by atoms with Gasteiger partial charge in [-0.3, -0.25) is 4.79 Å². The molecular formula is C14H21N3O. The Bertz CT molecular complexity index is 394. The van der Waals surface area contributed by atoms with Crippen LogP contribution in [0.25, 0.3) is 0 Å². The van der Waals surface area contributed by atoms with Crippen LogP contribution >= 0.6 is 0 Å². The summed E-state index contributed by atoms with van der Waals surface area (Å²) in [6.07, 6.45) is 6.90. The summed E-state index contributed by atoms with van der Waals surface area (Å²) in [6.45, 7) is 3.73. The lowest BCUT2D eigenvalue weighted by atomic mass is 10.2. The highest BCUT2D eigenvalue weighted by Gasteiger charge is 2.14. The number of rotatable bonds is 4. The molecule has 4 nitrogen and oxygen atoms in total. The quantitative estimate of drug-likeness (QED) is 0.860. The minimum absolute atomic E-state index is 0.000924. The maximum absolute atomic E-state index is 11.5. The molecule has 1 heterocycles. The second-order valence-corrected chi connectivity index (χ2v) is 5.20.